The fourth-order valence-corrected chi connectivity index (χ4v) is 3.58. The van der Waals surface area contributed by atoms with Crippen molar-refractivity contribution in [1.82, 2.24) is 9.21 Å². The molecule has 1 aliphatic heterocycles. The molecular weight excluding hydrogens is 258 g/mol. The van der Waals surface area contributed by atoms with E-state index in [1.54, 1.807) is 4.31 Å². The van der Waals surface area contributed by atoms with Gasteiger partial charge in [0.25, 0.3) is 0 Å². The molecule has 1 saturated heterocycles. The van der Waals surface area contributed by atoms with Gasteiger partial charge in [0.05, 0.1) is 5.75 Å². The van der Waals surface area contributed by atoms with Crippen molar-refractivity contribution in [3.05, 3.63) is 0 Å². The second-order valence-electron chi connectivity index (χ2n) is 4.25. The number of hydrogen-bond acceptors (Lipinski definition) is 3. The number of unbranched alkanes of at least 4 members (excludes halogenated alkanes) is 2. The molecule has 17 heavy (non-hydrogen) atoms. The maximum Gasteiger partial charge on any atom is 0.214 e. The van der Waals surface area contributed by atoms with Gasteiger partial charge >= 0.3 is 0 Å². The number of piperazine rings is 1. The number of sulfonamides is 1. The van der Waals surface area contributed by atoms with E-state index in [-0.39, 0.29) is 5.75 Å². The second-order valence-corrected chi connectivity index (χ2v) is 6.75. The summed E-state index contributed by atoms with van der Waals surface area (Å²) in [7, 11) is -3.08. The predicted molar refractivity (Wildman–Crippen MR) is 73.2 cm³/mol. The molecule has 0 unspecified atom stereocenters. The monoisotopic (exact) mass is 279 g/mol. The van der Waals surface area contributed by atoms with Crippen LogP contribution in [-0.2, 0) is 10.0 Å². The Labute approximate surface area is 109 Å². The van der Waals surface area contributed by atoms with Crippen LogP contribution in [0.1, 0.15) is 26.2 Å². The number of nitrogens with two attached hydrogens (primary N) is 1. The molecule has 0 aromatic carbocycles. The van der Waals surface area contributed by atoms with E-state index in [0.717, 1.165) is 19.3 Å². The van der Waals surface area contributed by atoms with E-state index < -0.39 is 10.0 Å². The van der Waals surface area contributed by atoms with Crippen LogP contribution in [0, 0.1) is 0 Å². The Morgan fingerprint density at radius 1 is 1.24 bits per heavy atom. The summed E-state index contributed by atoms with van der Waals surface area (Å²) in [4.78, 5) is 1.84. The summed E-state index contributed by atoms with van der Waals surface area (Å²) in [6.07, 6.45) is 2.74. The van der Waals surface area contributed by atoms with Crippen molar-refractivity contribution in [2.75, 3.05) is 31.9 Å². The van der Waals surface area contributed by atoms with Crippen molar-refractivity contribution < 1.29 is 8.42 Å². The van der Waals surface area contributed by atoms with Crippen LogP contribution in [0.2, 0.25) is 0 Å². The molecule has 0 aromatic heterocycles. The van der Waals surface area contributed by atoms with E-state index in [2.05, 4.69) is 6.92 Å². The van der Waals surface area contributed by atoms with Gasteiger partial charge in [0.1, 0.15) is 0 Å². The molecule has 0 amide bonds. The Balaban J connectivity index is 2.44. The van der Waals surface area contributed by atoms with Crippen LogP contribution in [0.4, 0.5) is 0 Å². The minimum Gasteiger partial charge on any atom is -0.376 e. The zero-order chi connectivity index (χ0) is 12.9. The Bertz CT molecular complexity index is 349. The molecule has 1 fully saturated rings. The van der Waals surface area contributed by atoms with E-state index >= 15 is 0 Å². The van der Waals surface area contributed by atoms with Gasteiger partial charge in [-0.05, 0) is 18.6 Å². The Kier molecular flexibility index (Phi) is 5.61. The third-order valence-corrected chi connectivity index (χ3v) is 5.16. The molecule has 0 aromatic rings. The van der Waals surface area contributed by atoms with Crippen LogP contribution in [0.3, 0.4) is 0 Å². The van der Waals surface area contributed by atoms with Gasteiger partial charge in [0, 0.05) is 26.2 Å². The molecule has 7 heteroatoms. The first-order chi connectivity index (χ1) is 7.97. The van der Waals surface area contributed by atoms with Gasteiger partial charge in [0.2, 0.25) is 10.0 Å². The molecule has 1 rings (SSSR count). The quantitative estimate of drug-likeness (QED) is 0.582. The molecule has 0 aliphatic carbocycles. The molecule has 0 radical (unpaired) electrons. The Morgan fingerprint density at radius 3 is 2.29 bits per heavy atom. The minimum absolute atomic E-state index is 0.258. The molecule has 0 bridgehead atoms. The first kappa shape index (κ1) is 14.7. The SMILES string of the molecule is CCCCCS(=O)(=O)N1CCN(C(N)=S)CC1. The molecule has 0 atom stereocenters. The van der Waals surface area contributed by atoms with Crippen LogP contribution < -0.4 is 5.73 Å². The van der Waals surface area contributed by atoms with E-state index in [0.29, 0.717) is 31.3 Å². The largest absolute Gasteiger partial charge is 0.376 e. The van der Waals surface area contributed by atoms with Crippen molar-refractivity contribution in [1.29, 1.82) is 0 Å². The van der Waals surface area contributed by atoms with Crippen molar-refractivity contribution in [3.8, 4) is 0 Å². The van der Waals surface area contributed by atoms with Gasteiger partial charge in [-0.15, -0.1) is 0 Å². The van der Waals surface area contributed by atoms with Gasteiger partial charge in [-0.2, -0.15) is 4.31 Å². The van der Waals surface area contributed by atoms with E-state index in [9.17, 15) is 8.42 Å². The lowest BCUT2D eigenvalue weighted by Gasteiger charge is -2.34. The van der Waals surface area contributed by atoms with Crippen LogP contribution >= 0.6 is 12.2 Å². The van der Waals surface area contributed by atoms with Gasteiger partial charge in [-0.3, -0.25) is 0 Å². The molecule has 1 heterocycles. The molecule has 5 nitrogen and oxygen atoms in total. The average molecular weight is 279 g/mol. The normalized spacial score (nSPS) is 18.3. The highest BCUT2D eigenvalue weighted by atomic mass is 32.2. The summed E-state index contributed by atoms with van der Waals surface area (Å²) < 4.78 is 25.5. The lowest BCUT2D eigenvalue weighted by atomic mass is 10.3. The summed E-state index contributed by atoms with van der Waals surface area (Å²) in [5, 5.41) is 0.355. The lowest BCUT2D eigenvalue weighted by molar-refractivity contribution is 0.267. The maximum absolute atomic E-state index is 12.0. The number of rotatable bonds is 5. The lowest BCUT2D eigenvalue weighted by Crippen LogP contribution is -2.52. The third-order valence-electron chi connectivity index (χ3n) is 2.95. The minimum atomic E-state index is -3.08. The smallest absolute Gasteiger partial charge is 0.214 e. The van der Waals surface area contributed by atoms with Gasteiger partial charge in [-0.25, -0.2) is 8.42 Å². The highest BCUT2D eigenvalue weighted by molar-refractivity contribution is 7.89. The average Bonchev–Trinajstić information content (AvgIpc) is 2.29. The zero-order valence-electron chi connectivity index (χ0n) is 10.3. The summed E-state index contributed by atoms with van der Waals surface area (Å²) in [5.41, 5.74) is 5.51. The van der Waals surface area contributed by atoms with E-state index in [4.69, 9.17) is 18.0 Å². The summed E-state index contributed by atoms with van der Waals surface area (Å²) in [6, 6.07) is 0. The summed E-state index contributed by atoms with van der Waals surface area (Å²) >= 11 is 4.87. The summed E-state index contributed by atoms with van der Waals surface area (Å²) in [6.45, 7) is 4.25. The maximum atomic E-state index is 12.0. The molecule has 1 aliphatic rings. The van der Waals surface area contributed by atoms with Crippen molar-refractivity contribution in [2.24, 2.45) is 5.73 Å². The fraction of sp³-hybridized carbons (Fsp3) is 0.900. The van der Waals surface area contributed by atoms with Crippen molar-refractivity contribution in [2.45, 2.75) is 26.2 Å². The van der Waals surface area contributed by atoms with Gasteiger partial charge < -0.3 is 10.6 Å². The number of hydrogen-bond donors (Lipinski definition) is 1. The number of thiocarbonyl (C=S) groups is 1. The first-order valence-corrected chi connectivity index (χ1v) is 8.01. The van der Waals surface area contributed by atoms with Gasteiger partial charge in [-0.1, -0.05) is 19.8 Å². The summed E-state index contributed by atoms with van der Waals surface area (Å²) in [5.74, 6) is 0.258. The topological polar surface area (TPSA) is 66.6 Å². The fourth-order valence-electron chi connectivity index (χ4n) is 1.85. The van der Waals surface area contributed by atoms with Gasteiger partial charge in [0.15, 0.2) is 5.11 Å². The molecular formula is C10H21N3O2S2. The van der Waals surface area contributed by atoms with E-state index in [1.165, 1.54) is 0 Å². The Morgan fingerprint density at radius 2 is 1.82 bits per heavy atom. The van der Waals surface area contributed by atoms with Crippen LogP contribution in [0.5, 0.6) is 0 Å². The highest BCUT2D eigenvalue weighted by Crippen LogP contribution is 2.10. The van der Waals surface area contributed by atoms with Crippen LogP contribution in [-0.4, -0.2) is 54.7 Å². The molecule has 0 saturated carbocycles. The van der Waals surface area contributed by atoms with Crippen molar-refractivity contribution >= 4 is 27.4 Å². The predicted octanol–water partition coefficient (Wildman–Crippen LogP) is 0.368. The third kappa shape index (κ3) is 4.40. The highest BCUT2D eigenvalue weighted by Gasteiger charge is 2.26. The standard InChI is InChI=1S/C10H21N3O2S2/c1-2-3-4-9-17(14,15)13-7-5-12(6-8-13)10(11)16/h2-9H2,1H3,(H2,11,16). The molecule has 2 N–H and O–H groups in total. The Hall–Kier alpha value is -0.400. The van der Waals surface area contributed by atoms with E-state index in [1.807, 2.05) is 4.90 Å². The van der Waals surface area contributed by atoms with Crippen LogP contribution in [0.15, 0.2) is 0 Å². The first-order valence-electron chi connectivity index (χ1n) is 5.99. The van der Waals surface area contributed by atoms with Crippen molar-refractivity contribution in [3.63, 3.8) is 0 Å². The zero-order valence-corrected chi connectivity index (χ0v) is 11.9. The van der Waals surface area contributed by atoms with Crippen LogP contribution in [0.25, 0.3) is 0 Å². The molecule has 100 valence electrons. The second kappa shape index (κ2) is 6.51. The number of nitrogens with zero attached hydrogens (tertiary/aromatic N) is 2. The molecule has 0 spiro atoms.